The molecule has 1 aliphatic heterocycles. The number of hydrogen-bond donors (Lipinski definition) is 2. The van der Waals surface area contributed by atoms with E-state index < -0.39 is 5.97 Å². The van der Waals surface area contributed by atoms with Gasteiger partial charge in [0, 0.05) is 31.6 Å². The smallest absolute Gasteiger partial charge is 0.303 e. The van der Waals surface area contributed by atoms with Gasteiger partial charge in [-0.2, -0.15) is 0 Å². The third kappa shape index (κ3) is 6.39. The second kappa shape index (κ2) is 7.85. The Morgan fingerprint density at radius 3 is 2.53 bits per heavy atom. The summed E-state index contributed by atoms with van der Waals surface area (Å²) >= 11 is 0. The van der Waals surface area contributed by atoms with Gasteiger partial charge in [0.05, 0.1) is 0 Å². The number of nitrogens with zero attached hydrogens (tertiary/aromatic N) is 1. The number of carboxylic acids is 1. The zero-order valence-electron chi connectivity index (χ0n) is 12.9. The van der Waals surface area contributed by atoms with E-state index in [1.165, 1.54) is 0 Å². The maximum atomic E-state index is 10.7. The highest BCUT2D eigenvalue weighted by Crippen LogP contribution is 2.23. The second-order valence-electron chi connectivity index (χ2n) is 6.58. The molecule has 2 unspecified atom stereocenters. The number of rotatable bonds is 7. The van der Waals surface area contributed by atoms with Crippen molar-refractivity contribution >= 4 is 5.97 Å². The fourth-order valence-electron chi connectivity index (χ4n) is 2.75. The molecule has 0 bridgehead atoms. The van der Waals surface area contributed by atoms with Crippen molar-refractivity contribution in [1.29, 1.82) is 0 Å². The Balaban J connectivity index is 2.49. The van der Waals surface area contributed by atoms with E-state index in [4.69, 9.17) is 5.11 Å². The molecular weight excluding hydrogens is 240 g/mol. The van der Waals surface area contributed by atoms with E-state index in [0.29, 0.717) is 30.3 Å². The average molecular weight is 270 g/mol. The first kappa shape index (κ1) is 16.4. The Hall–Kier alpha value is -0.610. The van der Waals surface area contributed by atoms with Crippen molar-refractivity contribution in [3.63, 3.8) is 0 Å². The third-order valence-corrected chi connectivity index (χ3v) is 3.88. The molecule has 4 heteroatoms. The third-order valence-electron chi connectivity index (χ3n) is 3.88. The molecule has 0 saturated carbocycles. The molecule has 0 aliphatic carbocycles. The van der Waals surface area contributed by atoms with Gasteiger partial charge < -0.3 is 10.4 Å². The lowest BCUT2D eigenvalue weighted by molar-refractivity contribution is -0.137. The Kier molecular flexibility index (Phi) is 6.80. The molecule has 0 radical (unpaired) electrons. The molecule has 112 valence electrons. The maximum absolute atomic E-state index is 10.7. The van der Waals surface area contributed by atoms with Gasteiger partial charge in [-0.1, -0.05) is 13.8 Å². The molecule has 1 saturated heterocycles. The van der Waals surface area contributed by atoms with Gasteiger partial charge in [0.2, 0.25) is 0 Å². The standard InChI is InChI=1S/C15H30N2O2/c1-11(2)8-16-14-7-13(5-6-15(18)19)9-17(10-14)12(3)4/h11-14,16H,5-10H2,1-4H3,(H,18,19). The minimum Gasteiger partial charge on any atom is -0.481 e. The van der Waals surface area contributed by atoms with Gasteiger partial charge in [-0.05, 0) is 45.1 Å². The van der Waals surface area contributed by atoms with Crippen LogP contribution < -0.4 is 5.32 Å². The van der Waals surface area contributed by atoms with Gasteiger partial charge in [-0.25, -0.2) is 0 Å². The fraction of sp³-hybridized carbons (Fsp3) is 0.933. The van der Waals surface area contributed by atoms with Gasteiger partial charge >= 0.3 is 5.97 Å². The highest BCUT2D eigenvalue weighted by molar-refractivity contribution is 5.66. The lowest BCUT2D eigenvalue weighted by atomic mass is 9.89. The summed E-state index contributed by atoms with van der Waals surface area (Å²) in [5.74, 6) is 0.497. The molecule has 1 heterocycles. The minimum absolute atomic E-state index is 0.299. The molecule has 0 aromatic rings. The topological polar surface area (TPSA) is 52.6 Å². The van der Waals surface area contributed by atoms with Crippen LogP contribution in [0, 0.1) is 11.8 Å². The molecule has 0 amide bonds. The molecule has 2 atom stereocenters. The molecule has 0 spiro atoms. The van der Waals surface area contributed by atoms with Crippen molar-refractivity contribution in [3.8, 4) is 0 Å². The number of aliphatic carboxylic acids is 1. The zero-order chi connectivity index (χ0) is 14.4. The number of likely N-dealkylation sites (tertiary alicyclic amines) is 1. The molecule has 1 fully saturated rings. The normalized spacial score (nSPS) is 25.2. The largest absolute Gasteiger partial charge is 0.481 e. The Morgan fingerprint density at radius 1 is 1.32 bits per heavy atom. The number of nitrogens with one attached hydrogen (secondary N) is 1. The molecule has 0 aromatic carbocycles. The van der Waals surface area contributed by atoms with Crippen LogP contribution >= 0.6 is 0 Å². The molecule has 1 rings (SSSR count). The summed E-state index contributed by atoms with van der Waals surface area (Å²) in [4.78, 5) is 13.2. The Labute approximate surface area is 117 Å². The quantitative estimate of drug-likeness (QED) is 0.744. The monoisotopic (exact) mass is 270 g/mol. The SMILES string of the molecule is CC(C)CNC1CC(CCC(=O)O)CN(C(C)C)C1. The summed E-state index contributed by atoms with van der Waals surface area (Å²) in [5.41, 5.74) is 0. The molecule has 19 heavy (non-hydrogen) atoms. The van der Waals surface area contributed by atoms with Crippen LogP contribution in [0.3, 0.4) is 0 Å². The minimum atomic E-state index is -0.673. The second-order valence-corrected chi connectivity index (χ2v) is 6.58. The van der Waals surface area contributed by atoms with Gasteiger partial charge in [0.15, 0.2) is 0 Å². The molecular formula is C15H30N2O2. The van der Waals surface area contributed by atoms with Gasteiger partial charge in [-0.3, -0.25) is 9.69 Å². The fourth-order valence-corrected chi connectivity index (χ4v) is 2.75. The van der Waals surface area contributed by atoms with Crippen molar-refractivity contribution in [2.45, 2.75) is 59.0 Å². The molecule has 4 nitrogen and oxygen atoms in total. The van der Waals surface area contributed by atoms with Crippen LogP contribution in [0.1, 0.15) is 47.0 Å². The summed E-state index contributed by atoms with van der Waals surface area (Å²) in [5, 5.41) is 12.5. The summed E-state index contributed by atoms with van der Waals surface area (Å²) in [6.45, 7) is 12.1. The predicted molar refractivity (Wildman–Crippen MR) is 78.3 cm³/mol. The van der Waals surface area contributed by atoms with Gasteiger partial charge in [0.1, 0.15) is 0 Å². The first-order chi connectivity index (χ1) is 8.88. The summed E-state index contributed by atoms with van der Waals surface area (Å²) < 4.78 is 0. The van der Waals surface area contributed by atoms with Crippen molar-refractivity contribution < 1.29 is 9.90 Å². The van der Waals surface area contributed by atoms with Crippen LogP contribution in [0.15, 0.2) is 0 Å². The summed E-state index contributed by atoms with van der Waals surface area (Å²) in [6, 6.07) is 1.05. The highest BCUT2D eigenvalue weighted by Gasteiger charge is 2.28. The van der Waals surface area contributed by atoms with Gasteiger partial charge in [0.25, 0.3) is 0 Å². The average Bonchev–Trinajstić information content (AvgIpc) is 2.33. The highest BCUT2D eigenvalue weighted by atomic mass is 16.4. The Morgan fingerprint density at radius 2 is 2.00 bits per heavy atom. The van der Waals surface area contributed by atoms with E-state index in [2.05, 4.69) is 37.9 Å². The lowest BCUT2D eigenvalue weighted by Gasteiger charge is -2.40. The van der Waals surface area contributed by atoms with E-state index >= 15 is 0 Å². The van der Waals surface area contributed by atoms with Crippen LogP contribution in [0.2, 0.25) is 0 Å². The van der Waals surface area contributed by atoms with Crippen LogP contribution in [0.4, 0.5) is 0 Å². The zero-order valence-corrected chi connectivity index (χ0v) is 12.9. The van der Waals surface area contributed by atoms with Gasteiger partial charge in [-0.15, -0.1) is 0 Å². The van der Waals surface area contributed by atoms with Crippen molar-refractivity contribution in [2.24, 2.45) is 11.8 Å². The maximum Gasteiger partial charge on any atom is 0.303 e. The lowest BCUT2D eigenvalue weighted by Crippen LogP contribution is -2.52. The van der Waals surface area contributed by atoms with Crippen LogP contribution in [0.25, 0.3) is 0 Å². The van der Waals surface area contributed by atoms with E-state index in [0.717, 1.165) is 32.5 Å². The Bertz CT molecular complexity index is 279. The van der Waals surface area contributed by atoms with Crippen LogP contribution in [0.5, 0.6) is 0 Å². The summed E-state index contributed by atoms with van der Waals surface area (Å²) in [6.07, 6.45) is 2.22. The predicted octanol–water partition coefficient (Wildman–Crippen LogP) is 2.20. The first-order valence-electron chi connectivity index (χ1n) is 7.57. The van der Waals surface area contributed by atoms with Crippen molar-refractivity contribution in [2.75, 3.05) is 19.6 Å². The van der Waals surface area contributed by atoms with Crippen LogP contribution in [-0.4, -0.2) is 47.7 Å². The van der Waals surface area contributed by atoms with E-state index in [1.807, 2.05) is 0 Å². The molecule has 1 aliphatic rings. The molecule has 2 N–H and O–H groups in total. The van der Waals surface area contributed by atoms with Crippen LogP contribution in [-0.2, 0) is 4.79 Å². The summed E-state index contributed by atoms with van der Waals surface area (Å²) in [7, 11) is 0. The van der Waals surface area contributed by atoms with Crippen molar-refractivity contribution in [1.82, 2.24) is 10.2 Å². The number of carbonyl (C=O) groups is 1. The van der Waals surface area contributed by atoms with E-state index in [-0.39, 0.29) is 0 Å². The number of carboxylic acid groups (broad SMARTS) is 1. The first-order valence-corrected chi connectivity index (χ1v) is 7.57. The van der Waals surface area contributed by atoms with E-state index in [1.54, 1.807) is 0 Å². The van der Waals surface area contributed by atoms with E-state index in [9.17, 15) is 4.79 Å². The number of piperidine rings is 1. The molecule has 0 aromatic heterocycles. The number of hydrogen-bond acceptors (Lipinski definition) is 3. The van der Waals surface area contributed by atoms with Crippen molar-refractivity contribution in [3.05, 3.63) is 0 Å².